The molecular formula is C22H20Cl3NO2. The van der Waals surface area contributed by atoms with Crippen LogP contribution >= 0.6 is 34.8 Å². The second kappa shape index (κ2) is 9.42. The molecule has 0 spiro atoms. The van der Waals surface area contributed by atoms with E-state index in [1.165, 1.54) is 5.56 Å². The number of methoxy groups -OCH3 is 1. The van der Waals surface area contributed by atoms with Gasteiger partial charge in [0.15, 0.2) is 11.5 Å². The molecule has 0 aliphatic carbocycles. The van der Waals surface area contributed by atoms with Crippen LogP contribution in [0.1, 0.15) is 16.7 Å². The molecule has 0 atom stereocenters. The van der Waals surface area contributed by atoms with Crippen molar-refractivity contribution in [1.29, 1.82) is 0 Å². The quantitative estimate of drug-likeness (QED) is 0.426. The summed E-state index contributed by atoms with van der Waals surface area (Å²) < 4.78 is 11.4. The predicted molar refractivity (Wildman–Crippen MR) is 117 cm³/mol. The van der Waals surface area contributed by atoms with E-state index in [0.717, 1.165) is 16.8 Å². The minimum absolute atomic E-state index is 0.300. The fourth-order valence-corrected chi connectivity index (χ4v) is 3.28. The minimum Gasteiger partial charge on any atom is -0.493 e. The highest BCUT2D eigenvalue weighted by molar-refractivity contribution is 6.42. The first kappa shape index (κ1) is 20.7. The molecule has 1 N–H and O–H groups in total. The third kappa shape index (κ3) is 5.26. The van der Waals surface area contributed by atoms with E-state index in [4.69, 9.17) is 44.3 Å². The molecule has 0 unspecified atom stereocenters. The summed E-state index contributed by atoms with van der Waals surface area (Å²) in [7, 11) is 1.59. The highest BCUT2D eigenvalue weighted by Crippen LogP contribution is 2.37. The molecule has 3 aromatic carbocycles. The van der Waals surface area contributed by atoms with E-state index in [2.05, 4.69) is 24.4 Å². The van der Waals surface area contributed by atoms with Gasteiger partial charge in [0.2, 0.25) is 0 Å². The van der Waals surface area contributed by atoms with Gasteiger partial charge in [-0.15, -0.1) is 0 Å². The van der Waals surface area contributed by atoms with Gasteiger partial charge >= 0.3 is 0 Å². The average Bonchev–Trinajstić information content (AvgIpc) is 2.69. The molecule has 0 aliphatic heterocycles. The fraction of sp³-hybridized carbons (Fsp3) is 0.182. The molecule has 0 aromatic heterocycles. The van der Waals surface area contributed by atoms with Crippen LogP contribution in [-0.4, -0.2) is 7.11 Å². The number of aryl methyl sites for hydroxylation is 1. The normalized spacial score (nSPS) is 10.6. The number of ether oxygens (including phenoxy) is 2. The molecule has 0 amide bonds. The van der Waals surface area contributed by atoms with Gasteiger partial charge in [-0.25, -0.2) is 0 Å². The lowest BCUT2D eigenvalue weighted by atomic mass is 10.1. The van der Waals surface area contributed by atoms with Crippen LogP contribution in [0.4, 0.5) is 5.69 Å². The number of hydrogen-bond acceptors (Lipinski definition) is 3. The first-order valence-electron chi connectivity index (χ1n) is 8.70. The largest absolute Gasteiger partial charge is 0.493 e. The summed E-state index contributed by atoms with van der Waals surface area (Å²) in [5, 5.41) is 4.85. The van der Waals surface area contributed by atoms with E-state index < -0.39 is 0 Å². The van der Waals surface area contributed by atoms with Crippen molar-refractivity contribution in [3.63, 3.8) is 0 Å². The zero-order valence-electron chi connectivity index (χ0n) is 15.6. The van der Waals surface area contributed by atoms with Crippen molar-refractivity contribution in [3.05, 3.63) is 86.4 Å². The van der Waals surface area contributed by atoms with Crippen molar-refractivity contribution in [1.82, 2.24) is 0 Å². The molecule has 0 saturated heterocycles. The van der Waals surface area contributed by atoms with E-state index in [1.54, 1.807) is 19.2 Å². The maximum absolute atomic E-state index is 6.46. The monoisotopic (exact) mass is 435 g/mol. The minimum atomic E-state index is 0.300. The van der Waals surface area contributed by atoms with Gasteiger partial charge in [-0.05, 0) is 54.4 Å². The smallest absolute Gasteiger partial charge is 0.180 e. The number of halogens is 3. The maximum atomic E-state index is 6.46. The van der Waals surface area contributed by atoms with Crippen molar-refractivity contribution < 1.29 is 9.47 Å². The number of hydrogen-bond donors (Lipinski definition) is 1. The van der Waals surface area contributed by atoms with Crippen molar-refractivity contribution in [2.24, 2.45) is 0 Å². The topological polar surface area (TPSA) is 30.5 Å². The molecule has 0 radical (unpaired) electrons. The lowest BCUT2D eigenvalue weighted by Gasteiger charge is -2.15. The van der Waals surface area contributed by atoms with Gasteiger partial charge in [0.05, 0.1) is 22.2 Å². The summed E-state index contributed by atoms with van der Waals surface area (Å²) in [4.78, 5) is 0. The lowest BCUT2D eigenvalue weighted by Crippen LogP contribution is -2.02. The molecule has 146 valence electrons. The molecule has 0 fully saturated rings. The molecule has 0 saturated carbocycles. The van der Waals surface area contributed by atoms with E-state index in [0.29, 0.717) is 39.7 Å². The standard InChI is InChI=1S/C22H20Cl3NO2/c1-14-3-6-17(7-4-14)26-12-16-10-20(25)22(21(11-16)27-2)28-13-15-5-8-18(23)19(24)9-15/h3-11,26H,12-13H2,1-2H3. The zero-order chi connectivity index (χ0) is 20.1. The Hall–Kier alpha value is -2.07. The lowest BCUT2D eigenvalue weighted by molar-refractivity contribution is 0.284. The van der Waals surface area contributed by atoms with Crippen molar-refractivity contribution in [2.75, 3.05) is 12.4 Å². The van der Waals surface area contributed by atoms with E-state index in [1.807, 2.05) is 30.3 Å². The van der Waals surface area contributed by atoms with Gasteiger partial charge in [0.25, 0.3) is 0 Å². The Bertz CT molecular complexity index is 959. The number of benzene rings is 3. The molecule has 6 heteroatoms. The predicted octanol–water partition coefficient (Wildman–Crippen LogP) is 7.15. The van der Waals surface area contributed by atoms with Crippen LogP contribution in [0, 0.1) is 6.92 Å². The molecule has 0 bridgehead atoms. The van der Waals surface area contributed by atoms with Gasteiger partial charge < -0.3 is 14.8 Å². The summed E-state index contributed by atoms with van der Waals surface area (Å²) in [6.07, 6.45) is 0. The van der Waals surface area contributed by atoms with E-state index in [-0.39, 0.29) is 0 Å². The average molecular weight is 437 g/mol. The molecule has 3 nitrogen and oxygen atoms in total. The SMILES string of the molecule is COc1cc(CNc2ccc(C)cc2)cc(Cl)c1OCc1ccc(Cl)c(Cl)c1. The van der Waals surface area contributed by atoms with Crippen molar-refractivity contribution in [3.8, 4) is 11.5 Å². The Morgan fingerprint density at radius 3 is 2.21 bits per heavy atom. The Kier molecular flexibility index (Phi) is 6.95. The molecule has 0 heterocycles. The molecule has 28 heavy (non-hydrogen) atoms. The molecular weight excluding hydrogens is 417 g/mol. The zero-order valence-corrected chi connectivity index (χ0v) is 17.8. The van der Waals surface area contributed by atoms with Gasteiger partial charge in [-0.1, -0.05) is 58.6 Å². The van der Waals surface area contributed by atoms with Crippen molar-refractivity contribution in [2.45, 2.75) is 20.1 Å². The Balaban J connectivity index is 1.71. The first-order valence-corrected chi connectivity index (χ1v) is 9.83. The van der Waals surface area contributed by atoms with Gasteiger partial charge in [-0.3, -0.25) is 0 Å². The Morgan fingerprint density at radius 1 is 0.821 bits per heavy atom. The van der Waals surface area contributed by atoms with Crippen LogP contribution in [0.5, 0.6) is 11.5 Å². The Labute approximate surface area is 180 Å². The van der Waals surface area contributed by atoms with Gasteiger partial charge in [-0.2, -0.15) is 0 Å². The number of nitrogens with one attached hydrogen (secondary N) is 1. The number of anilines is 1. The second-order valence-electron chi connectivity index (χ2n) is 6.37. The highest BCUT2D eigenvalue weighted by Gasteiger charge is 2.13. The molecule has 0 aliphatic rings. The summed E-state index contributed by atoms with van der Waals surface area (Å²) in [6, 6.07) is 17.4. The Morgan fingerprint density at radius 2 is 1.54 bits per heavy atom. The summed E-state index contributed by atoms with van der Waals surface area (Å²) in [5.74, 6) is 1.07. The van der Waals surface area contributed by atoms with Gasteiger partial charge in [0, 0.05) is 12.2 Å². The van der Waals surface area contributed by atoms with E-state index >= 15 is 0 Å². The fourth-order valence-electron chi connectivity index (χ4n) is 2.68. The van der Waals surface area contributed by atoms with Gasteiger partial charge in [0.1, 0.15) is 6.61 Å². The third-order valence-electron chi connectivity index (χ3n) is 4.20. The van der Waals surface area contributed by atoms with Crippen LogP contribution in [0.2, 0.25) is 15.1 Å². The summed E-state index contributed by atoms with van der Waals surface area (Å²) in [5.41, 5.74) is 4.14. The maximum Gasteiger partial charge on any atom is 0.180 e. The van der Waals surface area contributed by atoms with Crippen molar-refractivity contribution >= 4 is 40.5 Å². The van der Waals surface area contributed by atoms with Crippen LogP contribution in [-0.2, 0) is 13.2 Å². The number of rotatable bonds is 7. The molecule has 3 rings (SSSR count). The first-order chi connectivity index (χ1) is 13.5. The molecule has 3 aromatic rings. The van der Waals surface area contributed by atoms with Crippen LogP contribution in [0.25, 0.3) is 0 Å². The van der Waals surface area contributed by atoms with E-state index in [9.17, 15) is 0 Å². The highest BCUT2D eigenvalue weighted by atomic mass is 35.5. The summed E-state index contributed by atoms with van der Waals surface area (Å²) in [6.45, 7) is 2.98. The van der Waals surface area contributed by atoms with Crippen LogP contribution < -0.4 is 14.8 Å². The summed E-state index contributed by atoms with van der Waals surface area (Å²) >= 11 is 18.5. The van der Waals surface area contributed by atoms with Crippen LogP contribution in [0.15, 0.2) is 54.6 Å². The van der Waals surface area contributed by atoms with Crippen LogP contribution in [0.3, 0.4) is 0 Å². The third-order valence-corrected chi connectivity index (χ3v) is 5.22. The second-order valence-corrected chi connectivity index (χ2v) is 7.59.